The van der Waals surface area contributed by atoms with Crippen LogP contribution in [0.2, 0.25) is 0 Å². The molecule has 1 aliphatic rings. The lowest BCUT2D eigenvalue weighted by Gasteiger charge is -2.27. The molecule has 1 heteroatoms. The van der Waals surface area contributed by atoms with Gasteiger partial charge in [-0.25, -0.2) is 0 Å². The zero-order valence-electron chi connectivity index (χ0n) is 8.43. The lowest BCUT2D eigenvalue weighted by molar-refractivity contribution is 0.346. The van der Waals surface area contributed by atoms with E-state index in [0.29, 0.717) is 0 Å². The highest BCUT2D eigenvalue weighted by atomic mass is 14.9. The summed E-state index contributed by atoms with van der Waals surface area (Å²) in [6, 6.07) is 6.78. The maximum Gasteiger partial charge on any atom is -0.000506 e. The van der Waals surface area contributed by atoms with Crippen LogP contribution in [0, 0.1) is 19.8 Å². The molecule has 1 N–H and O–H groups in total. The molecule has 1 saturated heterocycles. The van der Waals surface area contributed by atoms with Gasteiger partial charge in [0.25, 0.3) is 0 Å². The van der Waals surface area contributed by atoms with Gasteiger partial charge in [-0.15, -0.1) is 0 Å². The third kappa shape index (κ3) is 1.92. The first-order valence-electron chi connectivity index (χ1n) is 5.02. The molecule has 0 amide bonds. The summed E-state index contributed by atoms with van der Waals surface area (Å²) in [5.41, 5.74) is 4.34. The Bertz CT molecular complexity index is 300. The van der Waals surface area contributed by atoms with Gasteiger partial charge in [-0.2, -0.15) is 0 Å². The van der Waals surface area contributed by atoms with Crippen LogP contribution in [0.3, 0.4) is 0 Å². The quantitative estimate of drug-likeness (QED) is 0.725. The third-order valence-corrected chi connectivity index (χ3v) is 2.87. The predicted molar refractivity (Wildman–Crippen MR) is 56.0 cm³/mol. The highest BCUT2D eigenvalue weighted by Crippen LogP contribution is 2.17. The Kier molecular flexibility index (Phi) is 2.36. The van der Waals surface area contributed by atoms with E-state index in [2.05, 4.69) is 37.4 Å². The van der Waals surface area contributed by atoms with Crippen LogP contribution in [0.4, 0.5) is 0 Å². The number of nitrogens with one attached hydrogen (secondary N) is 1. The second-order valence-corrected chi connectivity index (χ2v) is 4.16. The van der Waals surface area contributed by atoms with Crippen molar-refractivity contribution in [3.63, 3.8) is 0 Å². The molecule has 1 heterocycles. The van der Waals surface area contributed by atoms with Crippen LogP contribution in [0.1, 0.15) is 16.7 Å². The first-order chi connectivity index (χ1) is 6.25. The van der Waals surface area contributed by atoms with E-state index in [1.54, 1.807) is 0 Å². The zero-order valence-corrected chi connectivity index (χ0v) is 8.43. The molecule has 0 aromatic heterocycles. The van der Waals surface area contributed by atoms with Crippen molar-refractivity contribution >= 4 is 0 Å². The molecule has 0 saturated carbocycles. The first kappa shape index (κ1) is 8.76. The van der Waals surface area contributed by atoms with Gasteiger partial charge >= 0.3 is 0 Å². The molecule has 2 rings (SSSR count). The number of hydrogen-bond donors (Lipinski definition) is 1. The highest BCUT2D eigenvalue weighted by molar-refractivity contribution is 5.30. The summed E-state index contributed by atoms with van der Waals surface area (Å²) in [6.07, 6.45) is 1.25. The molecule has 0 aliphatic carbocycles. The highest BCUT2D eigenvalue weighted by Gasteiger charge is 2.17. The Morgan fingerprint density at radius 3 is 2.62 bits per heavy atom. The lowest BCUT2D eigenvalue weighted by Crippen LogP contribution is -2.43. The molecule has 13 heavy (non-hydrogen) atoms. The van der Waals surface area contributed by atoms with E-state index >= 15 is 0 Å². The van der Waals surface area contributed by atoms with Gasteiger partial charge in [-0.05, 0) is 50.4 Å². The minimum Gasteiger partial charge on any atom is -0.316 e. The van der Waals surface area contributed by atoms with E-state index in [-0.39, 0.29) is 0 Å². The fraction of sp³-hybridized carbons (Fsp3) is 0.500. The summed E-state index contributed by atoms with van der Waals surface area (Å²) in [6.45, 7) is 6.77. The van der Waals surface area contributed by atoms with E-state index in [0.717, 1.165) is 5.92 Å². The van der Waals surface area contributed by atoms with Gasteiger partial charge < -0.3 is 5.32 Å². The molecule has 1 fully saturated rings. The van der Waals surface area contributed by atoms with Crippen LogP contribution in [0.5, 0.6) is 0 Å². The fourth-order valence-electron chi connectivity index (χ4n) is 1.88. The lowest BCUT2D eigenvalue weighted by atomic mass is 9.91. The molecule has 1 aromatic carbocycles. The number of hydrogen-bond acceptors (Lipinski definition) is 1. The summed E-state index contributed by atoms with van der Waals surface area (Å²) < 4.78 is 0. The van der Waals surface area contributed by atoms with E-state index in [9.17, 15) is 0 Å². The number of aryl methyl sites for hydroxylation is 2. The molecule has 0 radical (unpaired) electrons. The Morgan fingerprint density at radius 1 is 1.31 bits per heavy atom. The molecular formula is C12H17N. The van der Waals surface area contributed by atoms with E-state index in [4.69, 9.17) is 0 Å². The maximum atomic E-state index is 3.31. The SMILES string of the molecule is Cc1ccc(CC2CNC2)c(C)c1. The fourth-order valence-corrected chi connectivity index (χ4v) is 1.88. The van der Waals surface area contributed by atoms with Crippen molar-refractivity contribution in [2.45, 2.75) is 20.3 Å². The van der Waals surface area contributed by atoms with Gasteiger partial charge in [-0.1, -0.05) is 23.8 Å². The standard InChI is InChI=1S/C12H17N/c1-9-3-4-12(10(2)5-9)6-11-7-13-8-11/h3-5,11,13H,6-8H2,1-2H3. The maximum absolute atomic E-state index is 3.31. The normalized spacial score (nSPS) is 17.1. The molecule has 0 atom stereocenters. The summed E-state index contributed by atoms with van der Waals surface area (Å²) in [5.74, 6) is 0.876. The average Bonchev–Trinajstić information content (AvgIpc) is 1.99. The zero-order chi connectivity index (χ0) is 9.26. The third-order valence-electron chi connectivity index (χ3n) is 2.87. The Morgan fingerprint density at radius 2 is 2.08 bits per heavy atom. The van der Waals surface area contributed by atoms with Crippen LogP contribution >= 0.6 is 0 Å². The summed E-state index contributed by atoms with van der Waals surface area (Å²) >= 11 is 0. The monoisotopic (exact) mass is 175 g/mol. The molecule has 1 aromatic rings. The molecule has 1 nitrogen and oxygen atoms in total. The van der Waals surface area contributed by atoms with Crippen molar-refractivity contribution in [3.8, 4) is 0 Å². The smallest absolute Gasteiger partial charge is 0.000506 e. The van der Waals surface area contributed by atoms with Crippen molar-refractivity contribution in [1.29, 1.82) is 0 Å². The van der Waals surface area contributed by atoms with Gasteiger partial charge in [0, 0.05) is 0 Å². The van der Waals surface area contributed by atoms with E-state index in [1.165, 1.54) is 36.2 Å². The van der Waals surface area contributed by atoms with Crippen molar-refractivity contribution in [2.75, 3.05) is 13.1 Å². The Balaban J connectivity index is 2.10. The number of benzene rings is 1. The van der Waals surface area contributed by atoms with Crippen molar-refractivity contribution < 1.29 is 0 Å². The van der Waals surface area contributed by atoms with Crippen LogP contribution in [0.15, 0.2) is 18.2 Å². The van der Waals surface area contributed by atoms with Gasteiger partial charge in [-0.3, -0.25) is 0 Å². The minimum absolute atomic E-state index is 0.876. The van der Waals surface area contributed by atoms with Crippen LogP contribution in [0.25, 0.3) is 0 Å². The molecular weight excluding hydrogens is 158 g/mol. The summed E-state index contributed by atoms with van der Waals surface area (Å²) in [5, 5.41) is 3.31. The van der Waals surface area contributed by atoms with Crippen molar-refractivity contribution in [1.82, 2.24) is 5.32 Å². The van der Waals surface area contributed by atoms with Gasteiger partial charge in [0.15, 0.2) is 0 Å². The Hall–Kier alpha value is -0.820. The molecule has 70 valence electrons. The predicted octanol–water partition coefficient (Wildman–Crippen LogP) is 2.07. The van der Waals surface area contributed by atoms with E-state index in [1.807, 2.05) is 0 Å². The largest absolute Gasteiger partial charge is 0.316 e. The van der Waals surface area contributed by atoms with Gasteiger partial charge in [0.2, 0.25) is 0 Å². The molecule has 0 spiro atoms. The van der Waals surface area contributed by atoms with Crippen molar-refractivity contribution in [3.05, 3.63) is 34.9 Å². The first-order valence-corrected chi connectivity index (χ1v) is 5.02. The van der Waals surface area contributed by atoms with Crippen LogP contribution < -0.4 is 5.32 Å². The molecule has 0 unspecified atom stereocenters. The molecule has 1 aliphatic heterocycles. The second-order valence-electron chi connectivity index (χ2n) is 4.16. The van der Waals surface area contributed by atoms with Gasteiger partial charge in [0.1, 0.15) is 0 Å². The number of rotatable bonds is 2. The average molecular weight is 175 g/mol. The summed E-state index contributed by atoms with van der Waals surface area (Å²) in [7, 11) is 0. The second kappa shape index (κ2) is 3.51. The summed E-state index contributed by atoms with van der Waals surface area (Å²) in [4.78, 5) is 0. The van der Waals surface area contributed by atoms with E-state index < -0.39 is 0 Å². The van der Waals surface area contributed by atoms with Gasteiger partial charge in [0.05, 0.1) is 0 Å². The minimum atomic E-state index is 0.876. The molecule has 0 bridgehead atoms. The van der Waals surface area contributed by atoms with Crippen LogP contribution in [-0.2, 0) is 6.42 Å². The van der Waals surface area contributed by atoms with Crippen molar-refractivity contribution in [2.24, 2.45) is 5.92 Å². The topological polar surface area (TPSA) is 12.0 Å². The van der Waals surface area contributed by atoms with Crippen LogP contribution in [-0.4, -0.2) is 13.1 Å². The Labute approximate surface area is 80.2 Å².